The van der Waals surface area contributed by atoms with Crippen LogP contribution in [0.4, 0.5) is 0 Å². The van der Waals surface area contributed by atoms with E-state index in [1.807, 2.05) is 13.8 Å². The number of carbonyl (C=O) groups is 2. The number of nitrogens with zero attached hydrogens (tertiary/aromatic N) is 2. The number of hydrogen-bond donors (Lipinski definition) is 0. The standard InChI is InChI=1S/C14H28N2O2/c1-7-10-11-15(6)12(17)14(4,5)13(18)16(8-2)9-3/h7-11H2,1-6H3. The Balaban J connectivity index is 4.79. The van der Waals surface area contributed by atoms with Crippen LogP contribution in [-0.2, 0) is 9.59 Å². The molecule has 0 fully saturated rings. The highest BCUT2D eigenvalue weighted by molar-refractivity contribution is 6.04. The molecule has 0 unspecified atom stereocenters. The van der Waals surface area contributed by atoms with E-state index in [1.54, 1.807) is 30.7 Å². The Morgan fingerprint density at radius 3 is 1.89 bits per heavy atom. The van der Waals surface area contributed by atoms with Crippen LogP contribution in [0, 0.1) is 5.41 Å². The summed E-state index contributed by atoms with van der Waals surface area (Å²) in [4.78, 5) is 28.0. The van der Waals surface area contributed by atoms with E-state index in [-0.39, 0.29) is 11.8 Å². The number of rotatable bonds is 7. The molecule has 18 heavy (non-hydrogen) atoms. The van der Waals surface area contributed by atoms with Crippen LogP contribution in [0.1, 0.15) is 47.5 Å². The zero-order valence-electron chi connectivity index (χ0n) is 12.7. The van der Waals surface area contributed by atoms with Crippen molar-refractivity contribution < 1.29 is 9.59 Å². The van der Waals surface area contributed by atoms with E-state index < -0.39 is 5.41 Å². The lowest BCUT2D eigenvalue weighted by atomic mass is 9.89. The number of carbonyl (C=O) groups excluding carboxylic acids is 2. The highest BCUT2D eigenvalue weighted by Crippen LogP contribution is 2.22. The summed E-state index contributed by atoms with van der Waals surface area (Å²) < 4.78 is 0. The summed E-state index contributed by atoms with van der Waals surface area (Å²) in [5, 5.41) is 0. The first-order valence-corrected chi connectivity index (χ1v) is 6.87. The quantitative estimate of drug-likeness (QED) is 0.655. The maximum absolute atomic E-state index is 12.3. The molecule has 0 aliphatic heterocycles. The second-order valence-corrected chi connectivity index (χ2v) is 5.18. The van der Waals surface area contributed by atoms with Gasteiger partial charge in [0.2, 0.25) is 11.8 Å². The third-order valence-electron chi connectivity index (χ3n) is 3.31. The molecule has 0 spiro atoms. The zero-order valence-corrected chi connectivity index (χ0v) is 12.7. The molecule has 0 bridgehead atoms. The van der Waals surface area contributed by atoms with Crippen LogP contribution >= 0.6 is 0 Å². The second-order valence-electron chi connectivity index (χ2n) is 5.18. The Labute approximate surface area is 111 Å². The lowest BCUT2D eigenvalue weighted by molar-refractivity contribution is -0.153. The Kier molecular flexibility index (Phi) is 6.96. The van der Waals surface area contributed by atoms with Gasteiger partial charge in [-0.15, -0.1) is 0 Å². The molecule has 4 heteroatoms. The normalized spacial score (nSPS) is 11.2. The van der Waals surface area contributed by atoms with Crippen LogP contribution in [0.25, 0.3) is 0 Å². The minimum atomic E-state index is -0.964. The van der Waals surface area contributed by atoms with Crippen molar-refractivity contribution in [2.45, 2.75) is 47.5 Å². The Hall–Kier alpha value is -1.06. The lowest BCUT2D eigenvalue weighted by Crippen LogP contribution is -2.50. The van der Waals surface area contributed by atoms with E-state index in [2.05, 4.69) is 6.92 Å². The summed E-state index contributed by atoms with van der Waals surface area (Å²) in [6.07, 6.45) is 2.01. The van der Waals surface area contributed by atoms with Gasteiger partial charge >= 0.3 is 0 Å². The Bertz CT molecular complexity index is 284. The van der Waals surface area contributed by atoms with Gasteiger partial charge in [0.15, 0.2) is 0 Å². The van der Waals surface area contributed by atoms with Gasteiger partial charge in [0.25, 0.3) is 0 Å². The van der Waals surface area contributed by atoms with Crippen molar-refractivity contribution >= 4 is 11.8 Å². The summed E-state index contributed by atoms with van der Waals surface area (Å²) >= 11 is 0. The van der Waals surface area contributed by atoms with Gasteiger partial charge in [-0.1, -0.05) is 13.3 Å². The summed E-state index contributed by atoms with van der Waals surface area (Å²) in [5.74, 6) is -0.173. The molecule has 106 valence electrons. The molecule has 0 aliphatic rings. The number of hydrogen-bond acceptors (Lipinski definition) is 2. The van der Waals surface area contributed by atoms with Crippen LogP contribution in [-0.4, -0.2) is 48.3 Å². The molecule has 2 amide bonds. The molecule has 0 radical (unpaired) electrons. The van der Waals surface area contributed by atoms with Gasteiger partial charge in [0, 0.05) is 26.7 Å². The van der Waals surface area contributed by atoms with Gasteiger partial charge in [-0.3, -0.25) is 9.59 Å². The van der Waals surface area contributed by atoms with Gasteiger partial charge in [0.1, 0.15) is 5.41 Å². The van der Waals surface area contributed by atoms with Crippen molar-refractivity contribution in [3.8, 4) is 0 Å². The van der Waals surface area contributed by atoms with Gasteiger partial charge in [0.05, 0.1) is 0 Å². The molecule has 0 heterocycles. The van der Waals surface area contributed by atoms with Crippen LogP contribution < -0.4 is 0 Å². The highest BCUT2D eigenvalue weighted by atomic mass is 16.2. The lowest BCUT2D eigenvalue weighted by Gasteiger charge is -2.32. The van der Waals surface area contributed by atoms with E-state index in [1.165, 1.54) is 0 Å². The third-order valence-corrected chi connectivity index (χ3v) is 3.31. The van der Waals surface area contributed by atoms with E-state index >= 15 is 0 Å². The maximum atomic E-state index is 12.3. The smallest absolute Gasteiger partial charge is 0.237 e. The van der Waals surface area contributed by atoms with Crippen LogP contribution in [0.5, 0.6) is 0 Å². The average Bonchev–Trinajstić information content (AvgIpc) is 2.36. The van der Waals surface area contributed by atoms with Crippen LogP contribution in [0.15, 0.2) is 0 Å². The fourth-order valence-corrected chi connectivity index (χ4v) is 1.97. The summed E-state index contributed by atoms with van der Waals surface area (Å²) in [6, 6.07) is 0. The fourth-order valence-electron chi connectivity index (χ4n) is 1.97. The van der Waals surface area contributed by atoms with Crippen molar-refractivity contribution in [2.75, 3.05) is 26.7 Å². The van der Waals surface area contributed by atoms with Crippen molar-refractivity contribution in [1.82, 2.24) is 9.80 Å². The van der Waals surface area contributed by atoms with Crippen molar-refractivity contribution in [1.29, 1.82) is 0 Å². The summed E-state index contributed by atoms with van der Waals surface area (Å²) in [7, 11) is 1.77. The summed E-state index contributed by atoms with van der Waals surface area (Å²) in [6.45, 7) is 11.4. The Morgan fingerprint density at radius 2 is 1.50 bits per heavy atom. The molecule has 0 atom stereocenters. The molecule has 0 aromatic carbocycles. The monoisotopic (exact) mass is 256 g/mol. The maximum Gasteiger partial charge on any atom is 0.237 e. The molecule has 0 N–H and O–H groups in total. The van der Waals surface area contributed by atoms with Crippen LogP contribution in [0.3, 0.4) is 0 Å². The molecule has 0 aromatic heterocycles. The van der Waals surface area contributed by atoms with Gasteiger partial charge in [-0.05, 0) is 34.1 Å². The van der Waals surface area contributed by atoms with Gasteiger partial charge in [-0.2, -0.15) is 0 Å². The van der Waals surface area contributed by atoms with Crippen molar-refractivity contribution in [3.63, 3.8) is 0 Å². The molecule has 0 saturated carbocycles. The van der Waals surface area contributed by atoms with E-state index in [0.29, 0.717) is 19.6 Å². The molecule has 0 rings (SSSR count). The second kappa shape index (κ2) is 7.39. The molecular formula is C14H28N2O2. The fraction of sp³-hybridized carbons (Fsp3) is 0.857. The Morgan fingerprint density at radius 1 is 1.00 bits per heavy atom. The van der Waals surface area contributed by atoms with Gasteiger partial charge < -0.3 is 9.80 Å². The minimum Gasteiger partial charge on any atom is -0.345 e. The van der Waals surface area contributed by atoms with E-state index in [4.69, 9.17) is 0 Å². The topological polar surface area (TPSA) is 40.6 Å². The predicted octanol–water partition coefficient (Wildman–Crippen LogP) is 2.14. The first-order valence-electron chi connectivity index (χ1n) is 6.87. The van der Waals surface area contributed by atoms with Crippen LogP contribution in [0.2, 0.25) is 0 Å². The third kappa shape index (κ3) is 4.00. The summed E-state index contributed by atoms with van der Waals surface area (Å²) in [5.41, 5.74) is -0.964. The average molecular weight is 256 g/mol. The number of unbranched alkanes of at least 4 members (excludes halogenated alkanes) is 1. The first kappa shape index (κ1) is 16.9. The van der Waals surface area contributed by atoms with Gasteiger partial charge in [-0.25, -0.2) is 0 Å². The van der Waals surface area contributed by atoms with Crippen molar-refractivity contribution in [2.24, 2.45) is 5.41 Å². The molecule has 4 nitrogen and oxygen atoms in total. The van der Waals surface area contributed by atoms with E-state index in [9.17, 15) is 9.59 Å². The van der Waals surface area contributed by atoms with Crippen molar-refractivity contribution in [3.05, 3.63) is 0 Å². The molecular weight excluding hydrogens is 228 g/mol. The molecule has 0 aromatic rings. The highest BCUT2D eigenvalue weighted by Gasteiger charge is 2.39. The zero-order chi connectivity index (χ0) is 14.3. The molecule has 0 saturated heterocycles. The van der Waals surface area contributed by atoms with E-state index in [0.717, 1.165) is 12.8 Å². The SMILES string of the molecule is CCCCN(C)C(=O)C(C)(C)C(=O)N(CC)CC. The number of amides is 2. The minimum absolute atomic E-state index is 0.0825. The largest absolute Gasteiger partial charge is 0.345 e. The first-order chi connectivity index (χ1) is 8.32. The predicted molar refractivity (Wildman–Crippen MR) is 74.3 cm³/mol. The molecule has 0 aliphatic carbocycles.